The predicted octanol–water partition coefficient (Wildman–Crippen LogP) is 0.962. The molecule has 1 aliphatic rings. The third-order valence-corrected chi connectivity index (χ3v) is 1.95. The van der Waals surface area contributed by atoms with Crippen LogP contribution in [0.4, 0.5) is 0 Å². The Morgan fingerprint density at radius 2 is 2.50 bits per heavy atom. The maximum Gasteiger partial charge on any atom is 0.215 e. The molecule has 1 rings (SSSR count). The zero-order valence-electron chi connectivity index (χ0n) is 5.55. The fraction of sp³-hybridized carbons (Fsp3) is 0.833. The standard InChI is InChI=1S/C6H9ClNO2/c7-3-1-5-2-4-8(10)6(5)9/h5H,1-4H2/q-1. The van der Waals surface area contributed by atoms with E-state index in [1.165, 1.54) is 0 Å². The van der Waals surface area contributed by atoms with Crippen LogP contribution in [0, 0.1) is 11.1 Å². The zero-order chi connectivity index (χ0) is 7.56. The van der Waals surface area contributed by atoms with Crippen LogP contribution in [0.25, 0.3) is 0 Å². The van der Waals surface area contributed by atoms with Gasteiger partial charge in [0.15, 0.2) is 0 Å². The number of halogens is 1. The van der Waals surface area contributed by atoms with E-state index in [1.54, 1.807) is 0 Å². The van der Waals surface area contributed by atoms with E-state index in [9.17, 15) is 10.0 Å². The van der Waals surface area contributed by atoms with Crippen molar-refractivity contribution in [1.82, 2.24) is 5.06 Å². The molecule has 0 radical (unpaired) electrons. The van der Waals surface area contributed by atoms with Gasteiger partial charge in [-0.15, -0.1) is 11.6 Å². The van der Waals surface area contributed by atoms with E-state index in [1.807, 2.05) is 0 Å². The minimum atomic E-state index is -0.291. The molecule has 10 heavy (non-hydrogen) atoms. The van der Waals surface area contributed by atoms with Gasteiger partial charge in [0.05, 0.1) is 0 Å². The van der Waals surface area contributed by atoms with Crippen molar-refractivity contribution in [3.05, 3.63) is 5.21 Å². The van der Waals surface area contributed by atoms with Crippen LogP contribution in [-0.4, -0.2) is 23.4 Å². The minimum Gasteiger partial charge on any atom is -0.756 e. The number of hydroxylamine groups is 2. The molecule has 0 aromatic heterocycles. The van der Waals surface area contributed by atoms with Gasteiger partial charge in [-0.3, -0.25) is 4.79 Å². The summed E-state index contributed by atoms with van der Waals surface area (Å²) < 4.78 is 0. The molecule has 1 atom stereocenters. The molecule has 1 heterocycles. The Labute approximate surface area is 64.5 Å². The second kappa shape index (κ2) is 3.21. The number of amides is 1. The van der Waals surface area contributed by atoms with Crippen molar-refractivity contribution in [2.24, 2.45) is 5.92 Å². The molecule has 0 aromatic rings. The number of hydrogen-bond donors (Lipinski definition) is 0. The van der Waals surface area contributed by atoms with Gasteiger partial charge in [0.1, 0.15) is 0 Å². The van der Waals surface area contributed by atoms with Gasteiger partial charge in [0.2, 0.25) is 5.91 Å². The number of carbonyl (C=O) groups excluding carboxylic acids is 1. The molecule has 58 valence electrons. The summed E-state index contributed by atoms with van der Waals surface area (Å²) in [5, 5.41) is 11.1. The first kappa shape index (κ1) is 7.82. The van der Waals surface area contributed by atoms with Gasteiger partial charge in [0, 0.05) is 18.3 Å². The van der Waals surface area contributed by atoms with Gasteiger partial charge in [-0.05, 0) is 12.8 Å². The fourth-order valence-corrected chi connectivity index (χ4v) is 1.37. The van der Waals surface area contributed by atoms with Crippen LogP contribution in [0.3, 0.4) is 0 Å². The second-order valence-corrected chi connectivity index (χ2v) is 2.78. The molecule has 0 N–H and O–H groups in total. The van der Waals surface area contributed by atoms with Crippen LogP contribution >= 0.6 is 11.6 Å². The highest BCUT2D eigenvalue weighted by Crippen LogP contribution is 2.20. The Kier molecular flexibility index (Phi) is 2.51. The van der Waals surface area contributed by atoms with Crippen molar-refractivity contribution in [3.8, 4) is 0 Å². The minimum absolute atomic E-state index is 0.102. The summed E-state index contributed by atoms with van der Waals surface area (Å²) in [6.07, 6.45) is 1.31. The van der Waals surface area contributed by atoms with Crippen molar-refractivity contribution in [2.45, 2.75) is 12.8 Å². The van der Waals surface area contributed by atoms with E-state index in [4.69, 9.17) is 11.6 Å². The largest absolute Gasteiger partial charge is 0.756 e. The Hall–Kier alpha value is -0.280. The molecule has 1 fully saturated rings. The van der Waals surface area contributed by atoms with Crippen molar-refractivity contribution >= 4 is 17.5 Å². The van der Waals surface area contributed by atoms with Crippen LogP contribution in [0.15, 0.2) is 0 Å². The molecular formula is C6H9ClNO2-. The third kappa shape index (κ3) is 1.41. The average Bonchev–Trinajstić information content (AvgIpc) is 2.20. The zero-order valence-corrected chi connectivity index (χ0v) is 6.30. The molecule has 1 amide bonds. The van der Waals surface area contributed by atoms with Crippen molar-refractivity contribution < 1.29 is 4.79 Å². The second-order valence-electron chi connectivity index (χ2n) is 2.40. The summed E-state index contributed by atoms with van der Waals surface area (Å²) in [6.45, 7) is 0.348. The van der Waals surface area contributed by atoms with Crippen LogP contribution in [0.2, 0.25) is 0 Å². The quantitative estimate of drug-likeness (QED) is 0.568. The fourth-order valence-electron chi connectivity index (χ4n) is 1.11. The predicted molar refractivity (Wildman–Crippen MR) is 38.5 cm³/mol. The lowest BCUT2D eigenvalue weighted by Gasteiger charge is -2.21. The van der Waals surface area contributed by atoms with E-state index in [0.717, 1.165) is 0 Å². The van der Waals surface area contributed by atoms with Crippen LogP contribution in [0.1, 0.15) is 12.8 Å². The molecule has 0 aromatic carbocycles. The molecule has 0 aliphatic carbocycles. The average molecular weight is 163 g/mol. The molecular weight excluding hydrogens is 154 g/mol. The summed E-state index contributed by atoms with van der Waals surface area (Å²) in [7, 11) is 0. The smallest absolute Gasteiger partial charge is 0.215 e. The molecule has 1 aliphatic heterocycles. The molecule has 0 spiro atoms. The molecule has 4 heteroatoms. The van der Waals surface area contributed by atoms with Gasteiger partial charge >= 0.3 is 0 Å². The molecule has 0 saturated carbocycles. The van der Waals surface area contributed by atoms with Crippen LogP contribution in [0.5, 0.6) is 0 Å². The normalized spacial score (nSPS) is 26.0. The number of hydrogen-bond acceptors (Lipinski definition) is 2. The van der Waals surface area contributed by atoms with E-state index < -0.39 is 0 Å². The topological polar surface area (TPSA) is 43.4 Å². The number of nitrogens with zero attached hydrogens (tertiary/aromatic N) is 1. The molecule has 1 unspecified atom stereocenters. The first-order chi connectivity index (χ1) is 4.75. The molecule has 1 saturated heterocycles. The van der Waals surface area contributed by atoms with Crippen LogP contribution in [-0.2, 0) is 4.79 Å². The lowest BCUT2D eigenvalue weighted by Crippen LogP contribution is -2.20. The molecule has 0 bridgehead atoms. The summed E-state index contributed by atoms with van der Waals surface area (Å²) in [6, 6.07) is 0. The van der Waals surface area contributed by atoms with E-state index >= 15 is 0 Å². The van der Waals surface area contributed by atoms with Crippen molar-refractivity contribution in [2.75, 3.05) is 12.4 Å². The highest BCUT2D eigenvalue weighted by molar-refractivity contribution is 6.18. The van der Waals surface area contributed by atoms with E-state index in [2.05, 4.69) is 0 Å². The lowest BCUT2D eigenvalue weighted by molar-refractivity contribution is -0.128. The number of alkyl halides is 1. The maximum absolute atomic E-state index is 10.9. The highest BCUT2D eigenvalue weighted by atomic mass is 35.5. The van der Waals surface area contributed by atoms with E-state index in [0.29, 0.717) is 30.3 Å². The van der Waals surface area contributed by atoms with Gasteiger partial charge in [0.25, 0.3) is 0 Å². The summed E-state index contributed by atoms with van der Waals surface area (Å²) in [5.74, 6) is 0.0696. The summed E-state index contributed by atoms with van der Waals surface area (Å²) in [5.41, 5.74) is 0. The first-order valence-corrected chi connectivity index (χ1v) is 3.83. The van der Waals surface area contributed by atoms with Crippen LogP contribution < -0.4 is 0 Å². The highest BCUT2D eigenvalue weighted by Gasteiger charge is 2.24. The number of rotatable bonds is 2. The van der Waals surface area contributed by atoms with Gasteiger partial charge in [-0.2, -0.15) is 0 Å². The Morgan fingerprint density at radius 1 is 1.80 bits per heavy atom. The summed E-state index contributed by atoms with van der Waals surface area (Å²) >= 11 is 5.42. The van der Waals surface area contributed by atoms with Gasteiger partial charge in [-0.1, -0.05) is 0 Å². The lowest BCUT2D eigenvalue weighted by atomic mass is 10.1. The van der Waals surface area contributed by atoms with Crippen molar-refractivity contribution in [1.29, 1.82) is 0 Å². The Balaban J connectivity index is 2.41. The summed E-state index contributed by atoms with van der Waals surface area (Å²) in [4.78, 5) is 10.9. The maximum atomic E-state index is 10.9. The van der Waals surface area contributed by atoms with Gasteiger partial charge in [-0.25, -0.2) is 0 Å². The number of carbonyl (C=O) groups is 1. The monoisotopic (exact) mass is 162 g/mol. The van der Waals surface area contributed by atoms with Gasteiger partial charge < -0.3 is 10.3 Å². The third-order valence-electron chi connectivity index (χ3n) is 1.73. The van der Waals surface area contributed by atoms with E-state index in [-0.39, 0.29) is 11.8 Å². The molecule has 3 nitrogen and oxygen atoms in total. The SMILES string of the molecule is O=C1C(CCCl)CCN1[O-]. The first-order valence-electron chi connectivity index (χ1n) is 3.30. The Morgan fingerprint density at radius 3 is 2.90 bits per heavy atom. The Bertz CT molecular complexity index is 138. The van der Waals surface area contributed by atoms with Crippen molar-refractivity contribution in [3.63, 3.8) is 0 Å².